The second-order valence-electron chi connectivity index (χ2n) is 8.98. The molecule has 0 aromatic heterocycles. The Morgan fingerprint density at radius 3 is 2.14 bits per heavy atom. The van der Waals surface area contributed by atoms with Crippen molar-refractivity contribution in [1.29, 1.82) is 0 Å². The molecule has 4 fully saturated rings. The molecule has 152 valence electrons. The van der Waals surface area contributed by atoms with Crippen molar-refractivity contribution in [3.63, 3.8) is 0 Å². The molecule has 5 rings (SSSR count). The number of carbonyl (C=O) groups is 2. The number of nitrogens with one attached hydrogen (secondary N) is 2. The van der Waals surface area contributed by atoms with Gasteiger partial charge in [0, 0.05) is 18.7 Å². The molecule has 0 radical (unpaired) electrons. The second-order valence-corrected chi connectivity index (χ2v) is 8.98. The maximum atomic E-state index is 12.8. The van der Waals surface area contributed by atoms with Crippen LogP contribution in [-0.4, -0.2) is 18.0 Å². The van der Waals surface area contributed by atoms with Crippen molar-refractivity contribution in [2.75, 3.05) is 5.32 Å². The van der Waals surface area contributed by atoms with Crippen molar-refractivity contribution in [1.82, 2.24) is 5.32 Å². The number of hydrogen-bond donors (Lipinski definition) is 2. The predicted octanol–water partition coefficient (Wildman–Crippen LogP) is 4.41. The van der Waals surface area contributed by atoms with Crippen LogP contribution in [0.25, 0.3) is 0 Å². The number of alkyl halides is 3. The Morgan fingerprint density at radius 2 is 1.57 bits per heavy atom. The van der Waals surface area contributed by atoms with Gasteiger partial charge < -0.3 is 10.6 Å². The predicted molar refractivity (Wildman–Crippen MR) is 98.2 cm³/mol. The largest absolute Gasteiger partial charge is 0.471 e. The molecule has 0 atom stereocenters. The van der Waals surface area contributed by atoms with Gasteiger partial charge in [-0.1, -0.05) is 18.2 Å². The smallest absolute Gasteiger partial charge is 0.344 e. The van der Waals surface area contributed by atoms with Crippen molar-refractivity contribution in [2.24, 2.45) is 23.2 Å². The summed E-state index contributed by atoms with van der Waals surface area (Å²) in [5.41, 5.74) is 1.01. The van der Waals surface area contributed by atoms with Crippen molar-refractivity contribution in [3.05, 3.63) is 29.8 Å². The molecule has 28 heavy (non-hydrogen) atoms. The zero-order valence-electron chi connectivity index (χ0n) is 15.6. The average Bonchev–Trinajstić information content (AvgIpc) is 2.58. The van der Waals surface area contributed by atoms with Gasteiger partial charge in [-0.2, -0.15) is 13.2 Å². The zero-order valence-corrected chi connectivity index (χ0v) is 15.6. The van der Waals surface area contributed by atoms with Crippen LogP contribution in [0.1, 0.15) is 50.5 Å². The van der Waals surface area contributed by atoms with E-state index in [0.29, 0.717) is 17.7 Å². The van der Waals surface area contributed by atoms with Crippen molar-refractivity contribution >= 4 is 17.5 Å². The molecular weight excluding hydrogens is 369 g/mol. The Balaban J connectivity index is 1.39. The number of carbonyl (C=O) groups excluding carboxylic acids is 2. The van der Waals surface area contributed by atoms with Crippen molar-refractivity contribution in [3.8, 4) is 0 Å². The summed E-state index contributed by atoms with van der Waals surface area (Å²) in [7, 11) is 0. The first kappa shape index (κ1) is 19.3. The molecule has 1 aromatic carbocycles. The van der Waals surface area contributed by atoms with Gasteiger partial charge in [-0.15, -0.1) is 0 Å². The lowest BCUT2D eigenvalue weighted by molar-refractivity contribution is -0.173. The third kappa shape index (κ3) is 4.03. The van der Waals surface area contributed by atoms with Gasteiger partial charge in [0.25, 0.3) is 0 Å². The minimum Gasteiger partial charge on any atom is -0.344 e. The van der Waals surface area contributed by atoms with Crippen LogP contribution in [0.3, 0.4) is 0 Å². The molecule has 0 spiro atoms. The highest BCUT2D eigenvalue weighted by molar-refractivity contribution is 5.92. The first-order valence-electron chi connectivity index (χ1n) is 9.95. The quantitative estimate of drug-likeness (QED) is 0.777. The van der Waals surface area contributed by atoms with Crippen LogP contribution in [0.15, 0.2) is 24.3 Å². The maximum absolute atomic E-state index is 12.8. The minimum absolute atomic E-state index is 0.0865. The number of anilines is 1. The van der Waals surface area contributed by atoms with Crippen LogP contribution in [-0.2, 0) is 16.1 Å². The van der Waals surface area contributed by atoms with E-state index < -0.39 is 12.1 Å². The standard InChI is InChI=1S/C21H25F3N2O2/c22-21(23,24)19(28)25-12-16-3-1-2-4-17(16)26-18(27)11-20-8-13-5-14(9-20)7-15(6-13)10-20/h1-4,13-15H,5-12H2,(H,25,28)(H,26,27). The number of rotatable bonds is 5. The van der Waals surface area contributed by atoms with E-state index in [9.17, 15) is 22.8 Å². The Hall–Kier alpha value is -2.05. The Morgan fingerprint density at radius 1 is 1.00 bits per heavy atom. The highest BCUT2D eigenvalue weighted by Crippen LogP contribution is 2.61. The van der Waals surface area contributed by atoms with Gasteiger partial charge in [0.15, 0.2) is 0 Å². The number of hydrogen-bond acceptors (Lipinski definition) is 2. The van der Waals surface area contributed by atoms with E-state index in [1.807, 2.05) is 5.32 Å². The summed E-state index contributed by atoms with van der Waals surface area (Å²) in [5, 5.41) is 4.74. The van der Waals surface area contributed by atoms with E-state index >= 15 is 0 Å². The van der Waals surface area contributed by atoms with Gasteiger partial charge in [0.05, 0.1) is 0 Å². The monoisotopic (exact) mass is 394 g/mol. The van der Waals surface area contributed by atoms with Gasteiger partial charge in [-0.25, -0.2) is 0 Å². The summed E-state index contributed by atoms with van der Waals surface area (Å²) in [6.07, 6.45) is 2.84. The fraction of sp³-hybridized carbons (Fsp3) is 0.619. The number of halogens is 3. The fourth-order valence-corrected chi connectivity index (χ4v) is 6.11. The summed E-state index contributed by atoms with van der Waals surface area (Å²) in [4.78, 5) is 23.8. The lowest BCUT2D eigenvalue weighted by Crippen LogP contribution is -2.47. The zero-order chi connectivity index (χ0) is 19.9. The van der Waals surface area contributed by atoms with Crippen LogP contribution < -0.4 is 10.6 Å². The van der Waals surface area contributed by atoms with Gasteiger partial charge in [0.2, 0.25) is 5.91 Å². The molecule has 4 aliphatic rings. The van der Waals surface area contributed by atoms with Crippen molar-refractivity contribution < 1.29 is 22.8 Å². The van der Waals surface area contributed by atoms with Crippen LogP contribution in [0, 0.1) is 23.2 Å². The van der Waals surface area contributed by atoms with E-state index in [1.165, 1.54) is 19.3 Å². The SMILES string of the molecule is O=C(CC12CC3CC(CC(C3)C1)C2)Nc1ccccc1CNC(=O)C(F)(F)F. The summed E-state index contributed by atoms with van der Waals surface area (Å²) in [6.45, 7) is -0.286. The summed E-state index contributed by atoms with van der Waals surface area (Å²) < 4.78 is 37.2. The van der Waals surface area contributed by atoms with Gasteiger partial charge in [-0.3, -0.25) is 9.59 Å². The van der Waals surface area contributed by atoms with E-state index in [4.69, 9.17) is 0 Å². The van der Waals surface area contributed by atoms with Crippen LogP contribution in [0.4, 0.5) is 18.9 Å². The molecule has 7 heteroatoms. The van der Waals surface area contributed by atoms with Gasteiger partial charge >= 0.3 is 12.1 Å². The van der Waals surface area contributed by atoms with Crippen LogP contribution in [0.2, 0.25) is 0 Å². The van der Waals surface area contributed by atoms with Crippen molar-refractivity contribution in [2.45, 2.75) is 57.7 Å². The lowest BCUT2D eigenvalue weighted by atomic mass is 9.49. The lowest BCUT2D eigenvalue weighted by Gasteiger charge is -2.56. The highest BCUT2D eigenvalue weighted by Gasteiger charge is 2.51. The van der Waals surface area contributed by atoms with E-state index in [-0.39, 0.29) is 17.9 Å². The molecule has 4 saturated carbocycles. The number of benzene rings is 1. The average molecular weight is 394 g/mol. The molecule has 0 heterocycles. The minimum atomic E-state index is -4.92. The molecule has 4 aliphatic carbocycles. The van der Waals surface area contributed by atoms with Crippen LogP contribution in [0.5, 0.6) is 0 Å². The first-order chi connectivity index (χ1) is 13.2. The Kier molecular flexibility index (Phi) is 4.88. The fourth-order valence-electron chi connectivity index (χ4n) is 6.11. The molecule has 2 N–H and O–H groups in total. The van der Waals surface area contributed by atoms with E-state index in [1.54, 1.807) is 24.3 Å². The third-order valence-electron chi connectivity index (χ3n) is 6.69. The Bertz CT molecular complexity index is 740. The third-order valence-corrected chi connectivity index (χ3v) is 6.69. The molecule has 0 saturated heterocycles. The number of amides is 2. The summed E-state index contributed by atoms with van der Waals surface area (Å²) >= 11 is 0. The summed E-state index contributed by atoms with van der Waals surface area (Å²) in [5.74, 6) is 0.190. The van der Waals surface area contributed by atoms with Gasteiger partial charge in [0.1, 0.15) is 0 Å². The molecule has 1 aromatic rings. The molecule has 4 bridgehead atoms. The van der Waals surface area contributed by atoms with E-state index in [0.717, 1.165) is 37.0 Å². The molecule has 4 nitrogen and oxygen atoms in total. The molecule has 0 aliphatic heterocycles. The Labute approximate surface area is 162 Å². The molecular formula is C21H25F3N2O2. The number of para-hydroxylation sites is 1. The topological polar surface area (TPSA) is 58.2 Å². The summed E-state index contributed by atoms with van der Waals surface area (Å²) in [6, 6.07) is 6.66. The highest BCUT2D eigenvalue weighted by atomic mass is 19.4. The maximum Gasteiger partial charge on any atom is 0.471 e. The van der Waals surface area contributed by atoms with Crippen LogP contribution >= 0.6 is 0 Å². The van der Waals surface area contributed by atoms with Gasteiger partial charge in [-0.05, 0) is 73.3 Å². The second kappa shape index (κ2) is 7.08. The first-order valence-corrected chi connectivity index (χ1v) is 9.95. The molecule has 0 unspecified atom stereocenters. The molecule has 2 amide bonds. The van der Waals surface area contributed by atoms with E-state index in [2.05, 4.69) is 5.32 Å². The normalized spacial score (nSPS) is 30.9.